The molecule has 0 aliphatic carbocycles. The highest BCUT2D eigenvalue weighted by Crippen LogP contribution is 2.16. The Hall–Kier alpha value is -2.66. The number of nitrogens with zero attached hydrogens (tertiary/aromatic N) is 2. The second-order valence-corrected chi connectivity index (χ2v) is 6.54. The van der Waals surface area contributed by atoms with E-state index in [-0.39, 0.29) is 5.91 Å². The fourth-order valence-corrected chi connectivity index (χ4v) is 2.74. The van der Waals surface area contributed by atoms with Crippen molar-refractivity contribution in [1.29, 1.82) is 0 Å². The van der Waals surface area contributed by atoms with Crippen LogP contribution in [0.4, 0.5) is 0 Å². The van der Waals surface area contributed by atoms with Gasteiger partial charge in [0.25, 0.3) is 0 Å². The number of benzene rings is 2. The van der Waals surface area contributed by atoms with Crippen molar-refractivity contribution in [3.8, 4) is 11.4 Å². The maximum atomic E-state index is 12.0. The Balaban J connectivity index is 1.44. The summed E-state index contributed by atoms with van der Waals surface area (Å²) in [5, 5.41) is 7.57. The molecule has 2 aromatic carbocycles. The molecule has 0 fully saturated rings. The zero-order valence-electron chi connectivity index (χ0n) is 14.5. The molecule has 134 valence electrons. The molecule has 3 aromatic rings. The van der Waals surface area contributed by atoms with Crippen molar-refractivity contribution in [1.82, 2.24) is 15.5 Å². The number of hydrogen-bond acceptors (Lipinski definition) is 4. The number of carbonyl (C=O) groups is 1. The first-order valence-electron chi connectivity index (χ1n) is 8.51. The first-order valence-corrected chi connectivity index (χ1v) is 8.89. The Morgan fingerprint density at radius 2 is 1.96 bits per heavy atom. The summed E-state index contributed by atoms with van der Waals surface area (Å²) in [5.41, 5.74) is 3.17. The van der Waals surface area contributed by atoms with Gasteiger partial charge in [-0.1, -0.05) is 58.7 Å². The first-order chi connectivity index (χ1) is 12.6. The topological polar surface area (TPSA) is 68.0 Å². The van der Waals surface area contributed by atoms with Crippen molar-refractivity contribution in [2.24, 2.45) is 0 Å². The van der Waals surface area contributed by atoms with Crippen molar-refractivity contribution in [2.75, 3.05) is 6.54 Å². The van der Waals surface area contributed by atoms with Crippen molar-refractivity contribution in [3.63, 3.8) is 0 Å². The van der Waals surface area contributed by atoms with Crippen LogP contribution < -0.4 is 5.32 Å². The Morgan fingerprint density at radius 3 is 2.73 bits per heavy atom. The van der Waals surface area contributed by atoms with Gasteiger partial charge in [-0.25, -0.2) is 0 Å². The minimum absolute atomic E-state index is 0.0397. The summed E-state index contributed by atoms with van der Waals surface area (Å²) in [6, 6.07) is 15.5. The van der Waals surface area contributed by atoms with Gasteiger partial charge in [0, 0.05) is 30.0 Å². The van der Waals surface area contributed by atoms with E-state index >= 15 is 0 Å². The molecule has 0 saturated heterocycles. The summed E-state index contributed by atoms with van der Waals surface area (Å²) in [5.74, 6) is 0.967. The number of amides is 1. The van der Waals surface area contributed by atoms with Crippen LogP contribution >= 0.6 is 11.6 Å². The van der Waals surface area contributed by atoms with Crippen molar-refractivity contribution < 1.29 is 9.32 Å². The third-order valence-corrected chi connectivity index (χ3v) is 4.20. The molecule has 1 amide bonds. The van der Waals surface area contributed by atoms with Crippen LogP contribution in [0.15, 0.2) is 53.1 Å². The number of hydrogen-bond donors (Lipinski definition) is 1. The summed E-state index contributed by atoms with van der Waals surface area (Å²) in [7, 11) is 0. The van der Waals surface area contributed by atoms with Crippen LogP contribution in [0.3, 0.4) is 0 Å². The molecule has 26 heavy (non-hydrogen) atoms. The van der Waals surface area contributed by atoms with E-state index in [2.05, 4.69) is 15.5 Å². The van der Waals surface area contributed by atoms with Crippen molar-refractivity contribution >= 4 is 17.5 Å². The van der Waals surface area contributed by atoms with Crippen LogP contribution in [0.1, 0.15) is 23.4 Å². The van der Waals surface area contributed by atoms with Gasteiger partial charge in [0.1, 0.15) is 0 Å². The highest BCUT2D eigenvalue weighted by atomic mass is 35.5. The number of rotatable bonds is 7. The van der Waals surface area contributed by atoms with Gasteiger partial charge in [0.2, 0.25) is 17.6 Å². The average Bonchev–Trinajstić information content (AvgIpc) is 3.10. The van der Waals surface area contributed by atoms with E-state index < -0.39 is 0 Å². The van der Waals surface area contributed by atoms with Gasteiger partial charge in [-0.05, 0) is 31.0 Å². The lowest BCUT2D eigenvalue weighted by Gasteiger charge is -2.04. The second kappa shape index (κ2) is 8.63. The molecular formula is C20H20ClN3O2. The van der Waals surface area contributed by atoms with Crippen LogP contribution in [0, 0.1) is 6.92 Å². The fraction of sp³-hybridized carbons (Fsp3) is 0.250. The van der Waals surface area contributed by atoms with E-state index in [0.29, 0.717) is 36.1 Å². The van der Waals surface area contributed by atoms with Gasteiger partial charge in [0.05, 0.1) is 0 Å². The van der Waals surface area contributed by atoms with E-state index in [1.807, 2.05) is 55.5 Å². The SMILES string of the molecule is Cc1ccc(-c2noc(CCC(=O)NCCc3cccc(Cl)c3)n2)cc1. The Bertz CT molecular complexity index is 875. The molecule has 1 aromatic heterocycles. The molecule has 1 heterocycles. The maximum Gasteiger partial charge on any atom is 0.227 e. The van der Waals surface area contributed by atoms with Crippen LogP contribution in [-0.4, -0.2) is 22.6 Å². The fourth-order valence-electron chi connectivity index (χ4n) is 2.52. The standard InChI is InChI=1S/C20H20ClN3O2/c1-14-5-7-16(8-6-14)20-23-19(26-24-20)10-9-18(25)22-12-11-15-3-2-4-17(21)13-15/h2-8,13H,9-12H2,1H3,(H,22,25). The van der Waals surface area contributed by atoms with E-state index in [1.165, 1.54) is 5.56 Å². The molecule has 0 atom stereocenters. The molecule has 0 saturated carbocycles. The molecule has 0 unspecified atom stereocenters. The zero-order valence-corrected chi connectivity index (χ0v) is 15.3. The van der Waals surface area contributed by atoms with E-state index in [4.69, 9.17) is 16.1 Å². The average molecular weight is 370 g/mol. The molecule has 5 nitrogen and oxygen atoms in total. The van der Waals surface area contributed by atoms with Gasteiger partial charge in [-0.15, -0.1) is 0 Å². The smallest absolute Gasteiger partial charge is 0.227 e. The normalized spacial score (nSPS) is 10.7. The van der Waals surface area contributed by atoms with Crippen LogP contribution in [-0.2, 0) is 17.6 Å². The molecule has 6 heteroatoms. The monoisotopic (exact) mass is 369 g/mol. The summed E-state index contributed by atoms with van der Waals surface area (Å²) in [6.45, 7) is 2.59. The first kappa shape index (κ1) is 18.1. The Morgan fingerprint density at radius 1 is 1.15 bits per heavy atom. The number of halogens is 1. The third-order valence-electron chi connectivity index (χ3n) is 3.97. The van der Waals surface area contributed by atoms with E-state index in [0.717, 1.165) is 17.5 Å². The van der Waals surface area contributed by atoms with E-state index in [1.54, 1.807) is 0 Å². The van der Waals surface area contributed by atoms with Gasteiger partial charge in [0.15, 0.2) is 0 Å². The van der Waals surface area contributed by atoms with Gasteiger partial charge in [-0.3, -0.25) is 4.79 Å². The number of aromatic nitrogens is 2. The quantitative estimate of drug-likeness (QED) is 0.683. The summed E-state index contributed by atoms with van der Waals surface area (Å²) in [6.07, 6.45) is 1.47. The zero-order chi connectivity index (χ0) is 18.4. The molecule has 0 radical (unpaired) electrons. The summed E-state index contributed by atoms with van der Waals surface area (Å²) in [4.78, 5) is 16.3. The van der Waals surface area contributed by atoms with Gasteiger partial charge < -0.3 is 9.84 Å². The van der Waals surface area contributed by atoms with Crippen LogP contribution in [0.2, 0.25) is 5.02 Å². The number of nitrogens with one attached hydrogen (secondary N) is 1. The molecule has 0 aliphatic heterocycles. The molecular weight excluding hydrogens is 350 g/mol. The maximum absolute atomic E-state index is 12.0. The molecule has 3 rings (SSSR count). The summed E-state index contributed by atoms with van der Waals surface area (Å²) < 4.78 is 5.23. The summed E-state index contributed by atoms with van der Waals surface area (Å²) >= 11 is 5.95. The number of carbonyl (C=O) groups excluding carboxylic acids is 1. The lowest BCUT2D eigenvalue weighted by atomic mass is 10.1. The number of aryl methyl sites for hydroxylation is 2. The molecule has 0 bridgehead atoms. The minimum Gasteiger partial charge on any atom is -0.356 e. The third kappa shape index (κ3) is 5.17. The molecule has 0 aliphatic rings. The highest BCUT2D eigenvalue weighted by Gasteiger charge is 2.10. The lowest BCUT2D eigenvalue weighted by molar-refractivity contribution is -0.121. The van der Waals surface area contributed by atoms with Gasteiger partial charge >= 0.3 is 0 Å². The Kier molecular flexibility index (Phi) is 6.02. The van der Waals surface area contributed by atoms with Crippen molar-refractivity contribution in [3.05, 3.63) is 70.6 Å². The molecule has 0 spiro atoms. The van der Waals surface area contributed by atoms with E-state index in [9.17, 15) is 4.79 Å². The predicted octanol–water partition coefficient (Wildman–Crippen LogP) is 3.99. The van der Waals surface area contributed by atoms with Crippen LogP contribution in [0.5, 0.6) is 0 Å². The second-order valence-electron chi connectivity index (χ2n) is 6.11. The largest absolute Gasteiger partial charge is 0.356 e. The molecule has 1 N–H and O–H groups in total. The van der Waals surface area contributed by atoms with Crippen molar-refractivity contribution in [2.45, 2.75) is 26.2 Å². The van der Waals surface area contributed by atoms with Crippen LogP contribution in [0.25, 0.3) is 11.4 Å². The highest BCUT2D eigenvalue weighted by molar-refractivity contribution is 6.30. The predicted molar refractivity (Wildman–Crippen MR) is 101 cm³/mol. The van der Waals surface area contributed by atoms with Gasteiger partial charge in [-0.2, -0.15) is 4.98 Å². The lowest BCUT2D eigenvalue weighted by Crippen LogP contribution is -2.25. The Labute approximate surface area is 157 Å². The minimum atomic E-state index is -0.0397.